The molecule has 1 aliphatic rings. The maximum Gasteiger partial charge on any atom is 0.243 e. The van der Waals surface area contributed by atoms with Gasteiger partial charge >= 0.3 is 0 Å². The maximum absolute atomic E-state index is 13.4. The van der Waals surface area contributed by atoms with E-state index in [1.54, 1.807) is 42.8 Å². The van der Waals surface area contributed by atoms with E-state index in [0.717, 1.165) is 24.2 Å². The van der Waals surface area contributed by atoms with Gasteiger partial charge in [0.15, 0.2) is 0 Å². The molecule has 0 spiro atoms. The molecule has 29 heavy (non-hydrogen) atoms. The van der Waals surface area contributed by atoms with E-state index in [-0.39, 0.29) is 10.9 Å². The standard InChI is InChI=1S/C22H29NO5S/c1-17(19-6-7-19)23(16-18-4-8-20(27-3)9-5-18)29(24,25)22-12-10-21(11-13-22)28-15-14-26-2/h4-5,8-13,17,19H,6-7,14-16H2,1-3H3. The number of hydrogen-bond acceptors (Lipinski definition) is 5. The van der Waals surface area contributed by atoms with E-state index < -0.39 is 10.0 Å². The number of ether oxygens (including phenoxy) is 3. The molecule has 0 N–H and O–H groups in total. The molecule has 0 saturated heterocycles. The van der Waals surface area contributed by atoms with Crippen molar-refractivity contribution in [3.05, 3.63) is 54.1 Å². The first-order chi connectivity index (χ1) is 14.0. The molecule has 0 heterocycles. The third kappa shape index (κ3) is 5.50. The second kappa shape index (κ2) is 9.61. The monoisotopic (exact) mass is 419 g/mol. The van der Waals surface area contributed by atoms with Crippen molar-refractivity contribution < 1.29 is 22.6 Å². The van der Waals surface area contributed by atoms with Crippen LogP contribution in [0.2, 0.25) is 0 Å². The minimum Gasteiger partial charge on any atom is -0.497 e. The fourth-order valence-electron chi connectivity index (χ4n) is 3.26. The average molecular weight is 420 g/mol. The Labute approximate surface area is 173 Å². The SMILES string of the molecule is COCCOc1ccc(S(=O)(=O)N(Cc2ccc(OC)cc2)C(C)C2CC2)cc1. The summed E-state index contributed by atoms with van der Waals surface area (Å²) in [6.07, 6.45) is 2.14. The fraction of sp³-hybridized carbons (Fsp3) is 0.455. The lowest BCUT2D eigenvalue weighted by Gasteiger charge is -2.29. The summed E-state index contributed by atoms with van der Waals surface area (Å²) in [5, 5.41) is 0. The van der Waals surface area contributed by atoms with Gasteiger partial charge in [0.05, 0.1) is 18.6 Å². The smallest absolute Gasteiger partial charge is 0.243 e. The Morgan fingerprint density at radius 2 is 1.59 bits per heavy atom. The van der Waals surface area contributed by atoms with Crippen LogP contribution in [0.1, 0.15) is 25.3 Å². The number of methoxy groups -OCH3 is 2. The zero-order chi connectivity index (χ0) is 20.9. The maximum atomic E-state index is 13.4. The van der Waals surface area contributed by atoms with Crippen molar-refractivity contribution in [1.29, 1.82) is 0 Å². The largest absolute Gasteiger partial charge is 0.497 e. The van der Waals surface area contributed by atoms with Crippen LogP contribution in [0.4, 0.5) is 0 Å². The second-order valence-electron chi connectivity index (χ2n) is 7.29. The summed E-state index contributed by atoms with van der Waals surface area (Å²) >= 11 is 0. The van der Waals surface area contributed by atoms with Gasteiger partial charge in [0, 0.05) is 19.7 Å². The molecule has 2 aromatic carbocycles. The first-order valence-electron chi connectivity index (χ1n) is 9.82. The first-order valence-corrected chi connectivity index (χ1v) is 11.3. The van der Waals surface area contributed by atoms with Crippen LogP contribution in [0.5, 0.6) is 11.5 Å². The van der Waals surface area contributed by atoms with Crippen LogP contribution in [-0.4, -0.2) is 46.2 Å². The van der Waals surface area contributed by atoms with Crippen molar-refractivity contribution in [2.45, 2.75) is 37.2 Å². The molecule has 1 aliphatic carbocycles. The Hall–Kier alpha value is -2.09. The lowest BCUT2D eigenvalue weighted by atomic mass is 10.1. The van der Waals surface area contributed by atoms with Gasteiger partial charge < -0.3 is 14.2 Å². The number of hydrogen-bond donors (Lipinski definition) is 0. The normalized spacial score (nSPS) is 15.3. The summed E-state index contributed by atoms with van der Waals surface area (Å²) in [6, 6.07) is 14.1. The molecule has 3 rings (SSSR count). The van der Waals surface area contributed by atoms with Crippen LogP contribution >= 0.6 is 0 Å². The van der Waals surface area contributed by atoms with Crippen LogP contribution in [0, 0.1) is 5.92 Å². The van der Waals surface area contributed by atoms with Crippen LogP contribution in [0.3, 0.4) is 0 Å². The van der Waals surface area contributed by atoms with Gasteiger partial charge in [-0.3, -0.25) is 0 Å². The third-order valence-electron chi connectivity index (χ3n) is 5.24. The number of rotatable bonds is 11. The van der Waals surface area contributed by atoms with Gasteiger partial charge in [0.2, 0.25) is 10.0 Å². The summed E-state index contributed by atoms with van der Waals surface area (Å²) in [7, 11) is -0.416. The van der Waals surface area contributed by atoms with Crippen LogP contribution in [-0.2, 0) is 21.3 Å². The highest BCUT2D eigenvalue weighted by molar-refractivity contribution is 7.89. The highest BCUT2D eigenvalue weighted by atomic mass is 32.2. The summed E-state index contributed by atoms with van der Waals surface area (Å²) < 4.78 is 44.2. The van der Waals surface area contributed by atoms with Gasteiger partial charge in [-0.15, -0.1) is 0 Å². The van der Waals surface area contributed by atoms with Gasteiger partial charge in [0.25, 0.3) is 0 Å². The highest BCUT2D eigenvalue weighted by Crippen LogP contribution is 2.38. The van der Waals surface area contributed by atoms with E-state index in [4.69, 9.17) is 14.2 Å². The van der Waals surface area contributed by atoms with E-state index in [0.29, 0.717) is 31.4 Å². The molecule has 0 radical (unpaired) electrons. The van der Waals surface area contributed by atoms with E-state index in [2.05, 4.69) is 0 Å². The summed E-state index contributed by atoms with van der Waals surface area (Å²) in [6.45, 7) is 3.23. The molecule has 0 amide bonds. The van der Waals surface area contributed by atoms with Crippen LogP contribution in [0.15, 0.2) is 53.4 Å². The molecule has 0 aliphatic heterocycles. The predicted octanol–water partition coefficient (Wildman–Crippen LogP) is 3.71. The quantitative estimate of drug-likeness (QED) is 0.520. The highest BCUT2D eigenvalue weighted by Gasteiger charge is 2.38. The van der Waals surface area contributed by atoms with E-state index in [9.17, 15) is 8.42 Å². The van der Waals surface area contributed by atoms with Crippen LogP contribution in [0.25, 0.3) is 0 Å². The van der Waals surface area contributed by atoms with E-state index in [1.807, 2.05) is 31.2 Å². The first kappa shape index (κ1) is 21.6. The molecule has 1 fully saturated rings. The summed E-state index contributed by atoms with van der Waals surface area (Å²) in [5.74, 6) is 1.79. The molecule has 1 atom stereocenters. The molecule has 0 bridgehead atoms. The number of sulfonamides is 1. The van der Waals surface area contributed by atoms with Gasteiger partial charge in [-0.2, -0.15) is 4.31 Å². The molecular formula is C22H29NO5S. The number of nitrogens with zero attached hydrogens (tertiary/aromatic N) is 1. The lowest BCUT2D eigenvalue weighted by Crippen LogP contribution is -2.39. The average Bonchev–Trinajstić information content (AvgIpc) is 3.58. The van der Waals surface area contributed by atoms with Crippen molar-refractivity contribution in [3.63, 3.8) is 0 Å². The Bertz CT molecular complexity index is 876. The van der Waals surface area contributed by atoms with E-state index >= 15 is 0 Å². The Morgan fingerprint density at radius 3 is 2.14 bits per heavy atom. The molecule has 158 valence electrons. The van der Waals surface area contributed by atoms with Crippen molar-refractivity contribution in [2.75, 3.05) is 27.4 Å². The summed E-state index contributed by atoms with van der Waals surface area (Å²) in [5.41, 5.74) is 0.932. The van der Waals surface area contributed by atoms with Crippen molar-refractivity contribution in [3.8, 4) is 11.5 Å². The van der Waals surface area contributed by atoms with Crippen molar-refractivity contribution in [2.24, 2.45) is 5.92 Å². The minimum absolute atomic E-state index is 0.0558. The van der Waals surface area contributed by atoms with Gasteiger partial charge in [0.1, 0.15) is 18.1 Å². The third-order valence-corrected chi connectivity index (χ3v) is 7.19. The molecule has 1 unspecified atom stereocenters. The Kier molecular flexibility index (Phi) is 7.16. The predicted molar refractivity (Wildman–Crippen MR) is 112 cm³/mol. The molecule has 7 heteroatoms. The molecule has 2 aromatic rings. The molecule has 1 saturated carbocycles. The molecule has 6 nitrogen and oxygen atoms in total. The van der Waals surface area contributed by atoms with Crippen LogP contribution < -0.4 is 9.47 Å². The Balaban J connectivity index is 1.81. The van der Waals surface area contributed by atoms with Crippen molar-refractivity contribution in [1.82, 2.24) is 4.31 Å². The summed E-state index contributed by atoms with van der Waals surface area (Å²) in [4.78, 5) is 0.276. The van der Waals surface area contributed by atoms with Gasteiger partial charge in [-0.1, -0.05) is 12.1 Å². The molecule has 0 aromatic heterocycles. The minimum atomic E-state index is -3.64. The Morgan fingerprint density at radius 1 is 0.966 bits per heavy atom. The molecular weight excluding hydrogens is 390 g/mol. The lowest BCUT2D eigenvalue weighted by molar-refractivity contribution is 0.146. The van der Waals surface area contributed by atoms with Gasteiger partial charge in [-0.05, 0) is 67.6 Å². The zero-order valence-electron chi connectivity index (χ0n) is 17.2. The number of benzene rings is 2. The topological polar surface area (TPSA) is 65.1 Å². The van der Waals surface area contributed by atoms with E-state index in [1.165, 1.54) is 0 Å². The second-order valence-corrected chi connectivity index (χ2v) is 9.18. The van der Waals surface area contributed by atoms with Gasteiger partial charge in [-0.25, -0.2) is 8.42 Å². The zero-order valence-corrected chi connectivity index (χ0v) is 18.0. The van der Waals surface area contributed by atoms with Crippen molar-refractivity contribution >= 4 is 10.0 Å². The fourth-order valence-corrected chi connectivity index (χ4v) is 4.94.